The van der Waals surface area contributed by atoms with Crippen LogP contribution in [-0.4, -0.2) is 3.21 Å². The van der Waals surface area contributed by atoms with Crippen LogP contribution in [0.5, 0.6) is 0 Å². The first-order valence-electron chi connectivity index (χ1n) is 9.11. The number of fused-ring (bicyclic) bond motifs is 3. The Kier molecular flexibility index (Phi) is 12.2. The maximum absolute atomic E-state index is 3.30. The van der Waals surface area contributed by atoms with Gasteiger partial charge in [0.2, 0.25) is 0 Å². The molecule has 0 saturated carbocycles. The molecule has 28 heavy (non-hydrogen) atoms. The van der Waals surface area contributed by atoms with Crippen LogP contribution in [0.3, 0.4) is 0 Å². The summed E-state index contributed by atoms with van der Waals surface area (Å²) in [7, 11) is 0. The van der Waals surface area contributed by atoms with Crippen LogP contribution in [-0.2, 0) is 36.1 Å². The van der Waals surface area contributed by atoms with Gasteiger partial charge in [0.1, 0.15) is 0 Å². The fraction of sp³-hybridized carbons (Fsp3) is 0.280. The standard InChI is InChI=1S/C13H9.C9H13.C3H6.2ClH.Zr/c1-3-7-12-10(5-1)9-11-6-2-4-8-13(11)12;1-9(2,3)8-6-4-5-7-8;1-3-2;;;/h1-5,7-8H,9H2;4-7H,1-3H3;1-2H3;2*1H;/q2*-1;;;;+2/p-2. The van der Waals surface area contributed by atoms with E-state index in [0.29, 0.717) is 5.41 Å². The zero-order valence-corrected chi connectivity index (χ0v) is 21.3. The van der Waals surface area contributed by atoms with Gasteiger partial charge >= 0.3 is 41.3 Å². The third-order valence-corrected chi connectivity index (χ3v) is 4.15. The molecule has 0 spiro atoms. The molecule has 0 heterocycles. The molecule has 4 rings (SSSR count). The molecule has 0 unspecified atom stereocenters. The topological polar surface area (TPSA) is 0 Å². The van der Waals surface area contributed by atoms with Gasteiger partial charge < -0.3 is 24.8 Å². The van der Waals surface area contributed by atoms with Crippen LogP contribution in [0.1, 0.15) is 51.3 Å². The molecule has 148 valence electrons. The first-order valence-corrected chi connectivity index (χ1v) is 10.3. The minimum absolute atomic E-state index is 0. The number of benzene rings is 2. The Hall–Kier alpha value is -0.877. The van der Waals surface area contributed by atoms with Crippen molar-refractivity contribution in [2.45, 2.75) is 46.5 Å². The Morgan fingerprint density at radius 2 is 1.57 bits per heavy atom. The number of halogens is 2. The van der Waals surface area contributed by atoms with Crippen LogP contribution < -0.4 is 24.8 Å². The molecule has 0 radical (unpaired) electrons. The molecule has 3 aromatic carbocycles. The molecule has 0 N–H and O–H groups in total. The minimum Gasteiger partial charge on any atom is -1.00 e. The summed E-state index contributed by atoms with van der Waals surface area (Å²) in [5.74, 6) is 0. The third kappa shape index (κ3) is 8.24. The fourth-order valence-corrected chi connectivity index (χ4v) is 2.87. The quantitative estimate of drug-likeness (QED) is 0.315. The van der Waals surface area contributed by atoms with E-state index in [4.69, 9.17) is 0 Å². The molecule has 3 heteroatoms. The third-order valence-electron chi connectivity index (χ3n) is 4.15. The van der Waals surface area contributed by atoms with Crippen molar-refractivity contribution in [1.82, 2.24) is 0 Å². The van der Waals surface area contributed by atoms with Gasteiger partial charge in [0.05, 0.1) is 0 Å². The van der Waals surface area contributed by atoms with Crippen molar-refractivity contribution in [2.24, 2.45) is 0 Å². The van der Waals surface area contributed by atoms with E-state index in [9.17, 15) is 0 Å². The van der Waals surface area contributed by atoms with Gasteiger partial charge in [0, 0.05) is 0 Å². The molecule has 1 aliphatic rings. The Morgan fingerprint density at radius 1 is 0.964 bits per heavy atom. The second-order valence-corrected chi connectivity index (χ2v) is 10.3. The van der Waals surface area contributed by atoms with Crippen molar-refractivity contribution in [3.63, 3.8) is 0 Å². The zero-order valence-electron chi connectivity index (χ0n) is 17.3. The molecule has 0 amide bonds. The second-order valence-electron chi connectivity index (χ2n) is 7.82. The number of rotatable bonds is 0. The van der Waals surface area contributed by atoms with Gasteiger partial charge in [-0.2, -0.15) is 53.6 Å². The van der Waals surface area contributed by atoms with Gasteiger partial charge in [-0.3, -0.25) is 0 Å². The van der Waals surface area contributed by atoms with E-state index in [0.717, 1.165) is 6.42 Å². The Morgan fingerprint density at radius 3 is 2.11 bits per heavy atom. The maximum atomic E-state index is 3.30. The molecule has 0 nitrogen and oxygen atoms in total. The van der Waals surface area contributed by atoms with E-state index in [-0.39, 0.29) is 24.8 Å². The Balaban J connectivity index is 0.000000432. The molecule has 0 atom stereocenters. The van der Waals surface area contributed by atoms with Crippen LogP contribution in [0, 0.1) is 6.07 Å². The van der Waals surface area contributed by atoms with E-state index < -0.39 is 0 Å². The summed E-state index contributed by atoms with van der Waals surface area (Å²) in [6.45, 7) is 10.9. The van der Waals surface area contributed by atoms with Crippen LogP contribution in [0.2, 0.25) is 0 Å². The number of hydrogen-bond donors (Lipinski definition) is 0. The molecule has 0 fully saturated rings. The van der Waals surface area contributed by atoms with Crippen molar-refractivity contribution in [1.29, 1.82) is 0 Å². The smallest absolute Gasteiger partial charge is 0.0253 e. The van der Waals surface area contributed by atoms with Crippen LogP contribution in [0.4, 0.5) is 0 Å². The van der Waals surface area contributed by atoms with E-state index in [1.54, 1.807) is 24.2 Å². The SMILES string of the molecule is CC(C)(C)c1cc[cH-]c1.C[C](C)=[Zr+2].[Cl-].[Cl-].[c-]1cccc2c1Cc1ccccc1-2. The second kappa shape index (κ2) is 12.6. The predicted octanol–water partition coefficient (Wildman–Crippen LogP) is 0.514. The predicted molar refractivity (Wildman–Crippen MR) is 111 cm³/mol. The molecule has 0 aliphatic heterocycles. The van der Waals surface area contributed by atoms with E-state index in [1.807, 2.05) is 6.07 Å². The first-order chi connectivity index (χ1) is 12.3. The van der Waals surface area contributed by atoms with Gasteiger partial charge in [-0.15, -0.1) is 5.56 Å². The van der Waals surface area contributed by atoms with Crippen molar-refractivity contribution in [2.75, 3.05) is 0 Å². The summed E-state index contributed by atoms with van der Waals surface area (Å²) in [5.41, 5.74) is 7.25. The van der Waals surface area contributed by atoms with E-state index in [2.05, 4.69) is 101 Å². The van der Waals surface area contributed by atoms with Crippen LogP contribution in [0.15, 0.2) is 66.7 Å². The van der Waals surface area contributed by atoms with Crippen molar-refractivity contribution >= 4 is 3.21 Å². The van der Waals surface area contributed by atoms with E-state index >= 15 is 0 Å². The monoisotopic (exact) mass is 488 g/mol. The Labute approximate surface area is 198 Å². The van der Waals surface area contributed by atoms with Crippen molar-refractivity contribution in [3.05, 3.63) is 89.5 Å². The van der Waals surface area contributed by atoms with E-state index in [1.165, 1.54) is 31.0 Å². The summed E-state index contributed by atoms with van der Waals surface area (Å²) in [6, 6.07) is 26.6. The van der Waals surface area contributed by atoms with Gasteiger partial charge in [0.15, 0.2) is 0 Å². The molecule has 0 saturated heterocycles. The summed E-state index contributed by atoms with van der Waals surface area (Å²) < 4.78 is 1.51. The summed E-state index contributed by atoms with van der Waals surface area (Å²) in [5, 5.41) is 0. The average molecular weight is 491 g/mol. The zero-order chi connectivity index (χ0) is 19.2. The molecule has 0 bridgehead atoms. The number of hydrogen-bond acceptors (Lipinski definition) is 0. The molecular formula is C25H28Cl2Zr-2. The first kappa shape index (κ1) is 27.1. The molecular weight excluding hydrogens is 462 g/mol. The maximum Gasteiger partial charge on any atom is -0.0253 e. The van der Waals surface area contributed by atoms with Crippen LogP contribution >= 0.6 is 0 Å². The van der Waals surface area contributed by atoms with Crippen LogP contribution in [0.25, 0.3) is 11.1 Å². The van der Waals surface area contributed by atoms with Gasteiger partial charge in [-0.25, -0.2) is 6.07 Å². The van der Waals surface area contributed by atoms with Crippen molar-refractivity contribution < 1.29 is 49.0 Å². The molecule has 1 aliphatic carbocycles. The van der Waals surface area contributed by atoms with Gasteiger partial charge in [0.25, 0.3) is 0 Å². The average Bonchev–Trinajstić information content (AvgIpc) is 3.22. The fourth-order valence-electron chi connectivity index (χ4n) is 2.87. The summed E-state index contributed by atoms with van der Waals surface area (Å²) in [4.78, 5) is 0. The minimum atomic E-state index is 0. The van der Waals surface area contributed by atoms with Gasteiger partial charge in [-0.1, -0.05) is 61.6 Å². The van der Waals surface area contributed by atoms with Gasteiger partial charge in [-0.05, 0) is 6.42 Å². The summed E-state index contributed by atoms with van der Waals surface area (Å²) in [6.07, 6.45) is 1.05. The van der Waals surface area contributed by atoms with Crippen molar-refractivity contribution in [3.8, 4) is 11.1 Å². The Bertz CT molecular complexity index is 795. The molecule has 0 aromatic heterocycles. The normalized spacial score (nSPS) is 10.5. The molecule has 3 aromatic rings. The largest absolute Gasteiger partial charge is 1.00 e. The summed E-state index contributed by atoms with van der Waals surface area (Å²) >= 11 is 1.55.